The summed E-state index contributed by atoms with van der Waals surface area (Å²) in [4.78, 5) is 21.0. The van der Waals surface area contributed by atoms with Crippen LogP contribution in [0.15, 0.2) is 11.0 Å². The second kappa shape index (κ2) is 20.2. The summed E-state index contributed by atoms with van der Waals surface area (Å²) < 4.78 is 2.39. The first-order valence-electron chi connectivity index (χ1n) is 17.0. The summed E-state index contributed by atoms with van der Waals surface area (Å²) in [7, 11) is 0. The van der Waals surface area contributed by atoms with Crippen molar-refractivity contribution in [1.82, 2.24) is 14.5 Å². The van der Waals surface area contributed by atoms with E-state index < -0.39 is 0 Å². The number of nitrogens with two attached hydrogens (primary N) is 1. The summed E-state index contributed by atoms with van der Waals surface area (Å²) in [6.45, 7) is 9.11. The van der Waals surface area contributed by atoms with Crippen LogP contribution in [0.3, 0.4) is 0 Å². The van der Waals surface area contributed by atoms with Crippen LogP contribution in [0.5, 0.6) is 0 Å². The largest absolute Gasteiger partial charge is 0.369 e. The Balaban J connectivity index is 2.40. The molecule has 39 heavy (non-hydrogen) atoms. The average molecular weight is 543 g/mol. The first-order valence-corrected chi connectivity index (χ1v) is 17.0. The Kier molecular flexibility index (Phi) is 17.3. The van der Waals surface area contributed by atoms with E-state index in [0.717, 1.165) is 36.7 Å². The summed E-state index contributed by atoms with van der Waals surface area (Å²) >= 11 is 0. The SMILES string of the molecule is CCCCCCCC(CCCCCCC)n1cc(C(CCCCCC)CCCCCC)c2c(=O)[nH]c(N)nc21. The second-order valence-electron chi connectivity index (χ2n) is 12.1. The number of anilines is 1. The van der Waals surface area contributed by atoms with Crippen molar-refractivity contribution in [1.29, 1.82) is 0 Å². The Bertz CT molecular complexity index is 921. The van der Waals surface area contributed by atoms with Gasteiger partial charge in [0.25, 0.3) is 5.56 Å². The standard InChI is InChI=1S/C34H62N4O/c1-5-9-13-17-21-25-29(26-22-18-14-10-6-2)38-27-30(31-32(38)36-34(35)37-33(31)39)28(23-19-15-11-7-3)24-20-16-12-8-4/h27-29H,5-26H2,1-4H3,(H3,35,36,37,39). The summed E-state index contributed by atoms with van der Waals surface area (Å²) in [6, 6.07) is 0.388. The highest BCUT2D eigenvalue weighted by molar-refractivity contribution is 5.81. The second-order valence-corrected chi connectivity index (χ2v) is 12.1. The minimum atomic E-state index is -0.0528. The average Bonchev–Trinajstić information content (AvgIpc) is 3.30. The summed E-state index contributed by atoms with van der Waals surface area (Å²) in [5.74, 6) is 0.661. The van der Waals surface area contributed by atoms with Gasteiger partial charge in [-0.2, -0.15) is 4.98 Å². The molecule has 2 heterocycles. The van der Waals surface area contributed by atoms with E-state index in [4.69, 9.17) is 10.7 Å². The molecule has 3 N–H and O–H groups in total. The number of nitrogen functional groups attached to an aromatic ring is 1. The number of hydrogen-bond donors (Lipinski definition) is 2. The van der Waals surface area contributed by atoms with Crippen molar-refractivity contribution in [3.63, 3.8) is 0 Å². The Hall–Kier alpha value is -1.78. The van der Waals surface area contributed by atoms with Gasteiger partial charge in [-0.15, -0.1) is 0 Å². The number of rotatable bonds is 24. The van der Waals surface area contributed by atoms with Gasteiger partial charge >= 0.3 is 0 Å². The zero-order chi connectivity index (χ0) is 28.3. The van der Waals surface area contributed by atoms with Gasteiger partial charge in [0.15, 0.2) is 0 Å². The minimum Gasteiger partial charge on any atom is -0.369 e. The Morgan fingerprint density at radius 3 is 1.62 bits per heavy atom. The van der Waals surface area contributed by atoms with Crippen LogP contribution in [-0.2, 0) is 0 Å². The number of hydrogen-bond acceptors (Lipinski definition) is 3. The highest BCUT2D eigenvalue weighted by Crippen LogP contribution is 2.36. The zero-order valence-electron chi connectivity index (χ0n) is 26.2. The Morgan fingerprint density at radius 2 is 1.13 bits per heavy atom. The van der Waals surface area contributed by atoms with Crippen molar-refractivity contribution in [2.75, 3.05) is 5.73 Å². The zero-order valence-corrected chi connectivity index (χ0v) is 26.2. The highest BCUT2D eigenvalue weighted by atomic mass is 16.1. The fourth-order valence-electron chi connectivity index (χ4n) is 6.27. The number of aromatic nitrogens is 3. The fraction of sp³-hybridized carbons (Fsp3) is 0.824. The van der Waals surface area contributed by atoms with E-state index in [9.17, 15) is 4.79 Å². The van der Waals surface area contributed by atoms with E-state index in [0.29, 0.717) is 12.0 Å². The van der Waals surface area contributed by atoms with Gasteiger partial charge in [-0.3, -0.25) is 9.78 Å². The molecular formula is C34H62N4O. The molecule has 2 rings (SSSR count). The molecule has 0 saturated heterocycles. The van der Waals surface area contributed by atoms with Crippen molar-refractivity contribution in [3.8, 4) is 0 Å². The third-order valence-corrected chi connectivity index (χ3v) is 8.66. The predicted octanol–water partition coefficient (Wildman–Crippen LogP) is 10.6. The van der Waals surface area contributed by atoms with E-state index in [1.807, 2.05) is 0 Å². The predicted molar refractivity (Wildman–Crippen MR) is 171 cm³/mol. The molecule has 0 aromatic carbocycles. The lowest BCUT2D eigenvalue weighted by Crippen LogP contribution is -2.15. The first kappa shape index (κ1) is 33.4. The Labute approximate surface area is 240 Å². The van der Waals surface area contributed by atoms with Crippen LogP contribution in [-0.4, -0.2) is 14.5 Å². The van der Waals surface area contributed by atoms with Crippen LogP contribution in [0.25, 0.3) is 11.0 Å². The van der Waals surface area contributed by atoms with Gasteiger partial charge in [-0.1, -0.05) is 143 Å². The smallest absolute Gasteiger partial charge is 0.262 e. The third kappa shape index (κ3) is 11.7. The van der Waals surface area contributed by atoms with Crippen molar-refractivity contribution in [2.24, 2.45) is 0 Å². The lowest BCUT2D eigenvalue weighted by Gasteiger charge is -2.20. The molecule has 0 aliphatic rings. The lowest BCUT2D eigenvalue weighted by molar-refractivity contribution is 0.400. The number of fused-ring (bicyclic) bond motifs is 1. The number of unbranched alkanes of at least 4 members (excludes halogenated alkanes) is 14. The van der Waals surface area contributed by atoms with Gasteiger partial charge in [0.05, 0.1) is 5.39 Å². The van der Waals surface area contributed by atoms with Crippen molar-refractivity contribution < 1.29 is 0 Å². The molecule has 224 valence electrons. The van der Waals surface area contributed by atoms with E-state index in [1.165, 1.54) is 121 Å². The normalized spacial score (nSPS) is 11.9. The summed E-state index contributed by atoms with van der Waals surface area (Å²) in [6.07, 6.45) is 30.0. The van der Waals surface area contributed by atoms with Crippen LogP contribution >= 0.6 is 0 Å². The van der Waals surface area contributed by atoms with Gasteiger partial charge in [-0.25, -0.2) is 0 Å². The van der Waals surface area contributed by atoms with E-state index in [-0.39, 0.29) is 11.5 Å². The molecule has 0 fully saturated rings. The van der Waals surface area contributed by atoms with Gasteiger partial charge in [-0.05, 0) is 37.2 Å². The molecule has 2 aromatic rings. The van der Waals surface area contributed by atoms with Crippen molar-refractivity contribution in [2.45, 2.75) is 181 Å². The van der Waals surface area contributed by atoms with E-state index in [1.54, 1.807) is 0 Å². The monoisotopic (exact) mass is 542 g/mol. The van der Waals surface area contributed by atoms with E-state index >= 15 is 0 Å². The highest BCUT2D eigenvalue weighted by Gasteiger charge is 2.24. The molecule has 0 aliphatic heterocycles. The molecule has 0 aliphatic carbocycles. The van der Waals surface area contributed by atoms with Crippen LogP contribution in [0.4, 0.5) is 5.95 Å². The molecule has 5 heteroatoms. The molecular weight excluding hydrogens is 480 g/mol. The number of nitrogens with one attached hydrogen (secondary N) is 1. The molecule has 0 saturated carbocycles. The molecule has 0 radical (unpaired) electrons. The summed E-state index contributed by atoms with van der Waals surface area (Å²) in [5, 5.41) is 0.808. The maximum atomic E-state index is 13.4. The fourth-order valence-corrected chi connectivity index (χ4v) is 6.27. The number of aromatic amines is 1. The number of H-pyrrole nitrogens is 1. The first-order chi connectivity index (χ1) is 19.1. The van der Waals surface area contributed by atoms with Crippen LogP contribution in [0, 0.1) is 0 Å². The van der Waals surface area contributed by atoms with Gasteiger partial charge < -0.3 is 10.3 Å². The topological polar surface area (TPSA) is 76.7 Å². The van der Waals surface area contributed by atoms with Crippen LogP contribution < -0.4 is 11.3 Å². The molecule has 0 atom stereocenters. The van der Waals surface area contributed by atoms with Crippen LogP contribution in [0.1, 0.15) is 186 Å². The molecule has 2 aromatic heterocycles. The quantitative estimate of drug-likeness (QED) is 0.129. The maximum Gasteiger partial charge on any atom is 0.262 e. The van der Waals surface area contributed by atoms with Gasteiger partial charge in [0, 0.05) is 12.2 Å². The Morgan fingerprint density at radius 1 is 0.692 bits per heavy atom. The molecule has 5 nitrogen and oxygen atoms in total. The van der Waals surface area contributed by atoms with E-state index in [2.05, 4.69) is 43.4 Å². The third-order valence-electron chi connectivity index (χ3n) is 8.66. The van der Waals surface area contributed by atoms with Crippen LogP contribution in [0.2, 0.25) is 0 Å². The number of nitrogens with zero attached hydrogens (tertiary/aromatic N) is 2. The molecule has 0 amide bonds. The van der Waals surface area contributed by atoms with Crippen molar-refractivity contribution >= 4 is 17.0 Å². The summed E-state index contributed by atoms with van der Waals surface area (Å²) in [5.41, 5.74) is 8.14. The van der Waals surface area contributed by atoms with Gasteiger partial charge in [0.2, 0.25) is 5.95 Å². The van der Waals surface area contributed by atoms with Crippen molar-refractivity contribution in [3.05, 3.63) is 22.1 Å². The minimum absolute atomic E-state index is 0.0528. The molecule has 0 bridgehead atoms. The lowest BCUT2D eigenvalue weighted by atomic mass is 9.88. The van der Waals surface area contributed by atoms with Gasteiger partial charge in [0.1, 0.15) is 5.65 Å². The molecule has 0 unspecified atom stereocenters. The molecule has 0 spiro atoms. The maximum absolute atomic E-state index is 13.4.